The van der Waals surface area contributed by atoms with E-state index in [4.69, 9.17) is 4.74 Å². The number of nitrogens with one attached hydrogen (secondary N) is 2. The van der Waals surface area contributed by atoms with E-state index < -0.39 is 15.9 Å². The molecule has 1 aromatic heterocycles. The monoisotopic (exact) mass is 573 g/mol. The van der Waals surface area contributed by atoms with Crippen molar-refractivity contribution in [2.45, 2.75) is 38.5 Å². The largest absolute Gasteiger partial charge is 0.496 e. The van der Waals surface area contributed by atoms with E-state index in [2.05, 4.69) is 16.1 Å². The lowest BCUT2D eigenvalue weighted by Gasteiger charge is -2.12. The molecule has 1 heterocycles. The first-order chi connectivity index (χ1) is 19.5. The third-order valence-corrected chi connectivity index (χ3v) is 8.40. The number of aryl methyl sites for hydroxylation is 2. The summed E-state index contributed by atoms with van der Waals surface area (Å²) in [7, 11) is -0.541. The van der Waals surface area contributed by atoms with Crippen LogP contribution in [0.25, 0.3) is 17.0 Å². The number of carbonyl (C=O) groups excluding carboxylic acids is 2. The molecule has 0 aliphatic rings. The van der Waals surface area contributed by atoms with Gasteiger partial charge in [0.2, 0.25) is 5.91 Å². The Labute approximate surface area is 241 Å². The topological polar surface area (TPSA) is 106 Å². The number of aromatic nitrogens is 1. The Kier molecular flexibility index (Phi) is 8.98. The third-order valence-electron chi connectivity index (χ3n) is 6.91. The lowest BCUT2D eigenvalue weighted by molar-refractivity contribution is -0.117. The minimum Gasteiger partial charge on any atom is -0.496 e. The molecule has 0 fully saturated rings. The van der Waals surface area contributed by atoms with Crippen molar-refractivity contribution in [1.29, 1.82) is 0 Å². The maximum absolute atomic E-state index is 12.9. The number of rotatable bonds is 10. The molecule has 9 heteroatoms. The van der Waals surface area contributed by atoms with Gasteiger partial charge in [0.05, 0.1) is 12.0 Å². The zero-order chi connectivity index (χ0) is 29.7. The van der Waals surface area contributed by atoms with Gasteiger partial charge >= 0.3 is 0 Å². The summed E-state index contributed by atoms with van der Waals surface area (Å²) in [6.45, 7) is 6.13. The van der Waals surface area contributed by atoms with Crippen molar-refractivity contribution in [2.24, 2.45) is 7.05 Å². The third kappa shape index (κ3) is 6.69. The fourth-order valence-corrected chi connectivity index (χ4v) is 5.97. The highest BCUT2D eigenvalue weighted by molar-refractivity contribution is 7.90. The van der Waals surface area contributed by atoms with Gasteiger partial charge in [0.25, 0.3) is 15.9 Å². The molecule has 0 radical (unpaired) electrons. The Morgan fingerprint density at radius 1 is 1.02 bits per heavy atom. The molecule has 4 aromatic rings. The molecule has 0 aliphatic heterocycles. The lowest BCUT2D eigenvalue weighted by Crippen LogP contribution is -2.31. The Morgan fingerprint density at radius 3 is 2.49 bits per heavy atom. The van der Waals surface area contributed by atoms with E-state index in [1.807, 2.05) is 42.9 Å². The van der Waals surface area contributed by atoms with Crippen molar-refractivity contribution in [3.63, 3.8) is 0 Å². The first-order valence-electron chi connectivity index (χ1n) is 13.4. The number of nitrogens with zero attached hydrogens (tertiary/aromatic N) is 1. The molecule has 3 aromatic carbocycles. The minimum atomic E-state index is -4.03. The summed E-state index contributed by atoms with van der Waals surface area (Å²) in [6, 6.07) is 17.5. The van der Waals surface area contributed by atoms with Crippen LogP contribution in [-0.4, -0.2) is 38.5 Å². The molecule has 8 nitrogen and oxygen atoms in total. The van der Waals surface area contributed by atoms with Crippen LogP contribution in [0.3, 0.4) is 0 Å². The molecule has 0 saturated heterocycles. The fourth-order valence-electron chi connectivity index (χ4n) is 4.75. The number of hydrogen-bond acceptors (Lipinski definition) is 5. The predicted molar refractivity (Wildman–Crippen MR) is 162 cm³/mol. The number of methoxy groups -OCH3 is 1. The molecule has 41 heavy (non-hydrogen) atoms. The molecule has 0 atom stereocenters. The Bertz CT molecular complexity index is 1750. The summed E-state index contributed by atoms with van der Waals surface area (Å²) in [6.07, 6.45) is 5.32. The van der Waals surface area contributed by atoms with Gasteiger partial charge in [-0.25, -0.2) is 13.1 Å². The first kappa shape index (κ1) is 29.6. The maximum Gasteiger partial charge on any atom is 0.265 e. The molecular formula is C32H35N3O5S. The second-order valence-electron chi connectivity index (χ2n) is 10.0. The van der Waals surface area contributed by atoms with E-state index in [0.29, 0.717) is 29.9 Å². The van der Waals surface area contributed by atoms with Crippen LogP contribution in [-0.2, 0) is 28.3 Å². The summed E-state index contributed by atoms with van der Waals surface area (Å²) in [5, 5.41) is 3.94. The first-order valence-corrected chi connectivity index (χ1v) is 14.9. The number of hydrogen-bond donors (Lipinski definition) is 2. The zero-order valence-corrected chi connectivity index (χ0v) is 24.8. The average Bonchev–Trinajstić information content (AvgIpc) is 3.25. The number of benzene rings is 3. The van der Waals surface area contributed by atoms with Crippen molar-refractivity contribution in [3.8, 4) is 5.75 Å². The summed E-state index contributed by atoms with van der Waals surface area (Å²) in [4.78, 5) is 25.3. The number of fused-ring (bicyclic) bond motifs is 1. The van der Waals surface area contributed by atoms with Crippen LogP contribution in [0.4, 0.5) is 0 Å². The molecule has 214 valence electrons. The molecule has 0 saturated carbocycles. The Hall–Kier alpha value is -4.37. The number of sulfonamides is 1. The quantitative estimate of drug-likeness (QED) is 0.256. The van der Waals surface area contributed by atoms with Gasteiger partial charge in [-0.05, 0) is 78.9 Å². The summed E-state index contributed by atoms with van der Waals surface area (Å²) < 4.78 is 35.4. The minimum absolute atomic E-state index is 0.0545. The molecule has 0 unspecified atom stereocenters. The molecule has 0 bridgehead atoms. The highest BCUT2D eigenvalue weighted by atomic mass is 32.2. The molecular weight excluding hydrogens is 538 g/mol. The van der Waals surface area contributed by atoms with Crippen molar-refractivity contribution in [1.82, 2.24) is 14.6 Å². The second kappa shape index (κ2) is 12.4. The molecule has 4 rings (SSSR count). The number of carbonyl (C=O) groups is 2. The fraction of sp³-hybridized carbons (Fsp3) is 0.250. The molecule has 0 aliphatic carbocycles. The lowest BCUT2D eigenvalue weighted by atomic mass is 10.00. The normalized spacial score (nSPS) is 11.9. The molecule has 0 spiro atoms. The van der Waals surface area contributed by atoms with Crippen molar-refractivity contribution >= 4 is 38.8 Å². The van der Waals surface area contributed by atoms with E-state index in [1.165, 1.54) is 13.2 Å². The Morgan fingerprint density at radius 2 is 1.78 bits per heavy atom. The average molecular weight is 574 g/mol. The highest BCUT2D eigenvalue weighted by Crippen LogP contribution is 2.29. The summed E-state index contributed by atoms with van der Waals surface area (Å²) in [5.41, 5.74) is 5.20. The van der Waals surface area contributed by atoms with Gasteiger partial charge in [-0.2, -0.15) is 0 Å². The maximum atomic E-state index is 12.9. The highest BCUT2D eigenvalue weighted by Gasteiger charge is 2.21. The van der Waals surface area contributed by atoms with Gasteiger partial charge in [-0.15, -0.1) is 0 Å². The van der Waals surface area contributed by atoms with Gasteiger partial charge in [-0.3, -0.25) is 9.59 Å². The van der Waals surface area contributed by atoms with Crippen LogP contribution < -0.4 is 14.8 Å². The van der Waals surface area contributed by atoms with Gasteiger partial charge in [-0.1, -0.05) is 37.3 Å². The van der Waals surface area contributed by atoms with Crippen LogP contribution in [0.1, 0.15) is 52.9 Å². The van der Waals surface area contributed by atoms with Crippen molar-refractivity contribution in [2.75, 3.05) is 13.7 Å². The SMILES string of the molecule is CCCNC(=O)/C(C)=C\c1ccc2c(c1)c(Cc1ccc(C(=O)NS(=O)(=O)c3ccccc3C)cc1OC)cn2C. The summed E-state index contributed by atoms with van der Waals surface area (Å²) >= 11 is 0. The van der Waals surface area contributed by atoms with E-state index in [1.54, 1.807) is 50.2 Å². The second-order valence-corrected chi connectivity index (χ2v) is 11.7. The number of amides is 2. The van der Waals surface area contributed by atoms with Gasteiger partial charge in [0.1, 0.15) is 5.75 Å². The summed E-state index contributed by atoms with van der Waals surface area (Å²) in [5.74, 6) is -0.346. The van der Waals surface area contributed by atoms with Crippen LogP contribution >= 0.6 is 0 Å². The van der Waals surface area contributed by atoms with Gasteiger partial charge in [0, 0.05) is 48.2 Å². The Balaban J connectivity index is 1.60. The predicted octanol–water partition coefficient (Wildman–Crippen LogP) is 5.13. The van der Waals surface area contributed by atoms with Gasteiger partial charge in [0.15, 0.2) is 0 Å². The molecule has 2 amide bonds. The smallest absolute Gasteiger partial charge is 0.265 e. The van der Waals surface area contributed by atoms with Crippen molar-refractivity contribution < 1.29 is 22.7 Å². The van der Waals surface area contributed by atoms with Crippen LogP contribution in [0.5, 0.6) is 5.75 Å². The van der Waals surface area contributed by atoms with E-state index in [-0.39, 0.29) is 16.4 Å². The van der Waals surface area contributed by atoms with Crippen molar-refractivity contribution in [3.05, 3.63) is 100 Å². The zero-order valence-electron chi connectivity index (χ0n) is 23.9. The van der Waals surface area contributed by atoms with Gasteiger partial charge < -0.3 is 14.6 Å². The van der Waals surface area contributed by atoms with E-state index in [0.717, 1.165) is 34.0 Å². The molecule has 2 N–H and O–H groups in total. The van der Waals surface area contributed by atoms with Crippen LogP contribution in [0, 0.1) is 6.92 Å². The van der Waals surface area contributed by atoms with Crippen LogP contribution in [0.15, 0.2) is 77.3 Å². The van der Waals surface area contributed by atoms with Crippen LogP contribution in [0.2, 0.25) is 0 Å². The van der Waals surface area contributed by atoms with E-state index in [9.17, 15) is 18.0 Å². The van der Waals surface area contributed by atoms with E-state index >= 15 is 0 Å². The number of ether oxygens (including phenoxy) is 1. The standard InChI is InChI=1S/C32H35N3O5S/c1-6-15-33-31(36)22(3)16-23-11-14-28-27(17-23)26(20-35(28)4)18-24-12-13-25(19-29(24)40-5)32(37)34-41(38,39)30-10-8-7-9-21(30)2/h7-14,16-17,19-20H,6,15,18H2,1-5H3,(H,33,36)(H,34,37)/b22-16-.